The fourth-order valence-corrected chi connectivity index (χ4v) is 4.17. The summed E-state index contributed by atoms with van der Waals surface area (Å²) < 4.78 is 15.2. The van der Waals surface area contributed by atoms with Crippen LogP contribution >= 0.6 is 0 Å². The third kappa shape index (κ3) is 3.93. The van der Waals surface area contributed by atoms with Crippen molar-refractivity contribution in [2.75, 3.05) is 38.3 Å². The zero-order valence-corrected chi connectivity index (χ0v) is 18.1. The van der Waals surface area contributed by atoms with Crippen molar-refractivity contribution in [3.05, 3.63) is 59.3 Å². The van der Waals surface area contributed by atoms with E-state index in [1.165, 1.54) is 5.56 Å². The Kier molecular flexibility index (Phi) is 6.06. The maximum atomic E-state index is 5.65. The lowest BCUT2D eigenvalue weighted by Gasteiger charge is -2.30. The van der Waals surface area contributed by atoms with Crippen LogP contribution in [0.1, 0.15) is 28.7 Å². The Morgan fingerprint density at radius 2 is 1.97 bits per heavy atom. The molecule has 1 aromatic carbocycles. The quantitative estimate of drug-likeness (QED) is 0.644. The molecule has 1 atom stereocenters. The monoisotopic (exact) mass is 410 g/mol. The highest BCUT2D eigenvalue weighted by molar-refractivity contribution is 5.51. The summed E-state index contributed by atoms with van der Waals surface area (Å²) in [6.07, 6.45) is 3.79. The van der Waals surface area contributed by atoms with Crippen molar-refractivity contribution in [2.24, 2.45) is 14.1 Å². The van der Waals surface area contributed by atoms with Gasteiger partial charge >= 0.3 is 0 Å². The Morgan fingerprint density at radius 3 is 2.67 bits per heavy atom. The van der Waals surface area contributed by atoms with E-state index in [1.54, 1.807) is 7.11 Å². The molecule has 0 spiro atoms. The van der Waals surface area contributed by atoms with Gasteiger partial charge in [-0.05, 0) is 13.0 Å². The minimum absolute atomic E-state index is 0.113. The van der Waals surface area contributed by atoms with E-state index in [9.17, 15) is 0 Å². The number of aryl methyl sites for hydroxylation is 3. The first kappa shape index (κ1) is 20.4. The van der Waals surface area contributed by atoms with Gasteiger partial charge in [0.15, 0.2) is 0 Å². The molecule has 1 aliphatic heterocycles. The van der Waals surface area contributed by atoms with Gasteiger partial charge in [-0.3, -0.25) is 10.00 Å². The van der Waals surface area contributed by atoms with Gasteiger partial charge in [-0.15, -0.1) is 0 Å². The minimum atomic E-state index is -0.113. The molecule has 0 amide bonds. The third-order valence-electron chi connectivity index (χ3n) is 5.67. The van der Waals surface area contributed by atoms with E-state index in [4.69, 9.17) is 14.6 Å². The first-order valence-electron chi connectivity index (χ1n) is 10.3. The normalized spacial score (nSPS) is 15.4. The SMILES string of the molecule is COc1ccccc1C(NCc1c(C)nn(C)c1N1CCOCC1)c1nccn1C. The van der Waals surface area contributed by atoms with Crippen molar-refractivity contribution >= 4 is 5.82 Å². The average Bonchev–Trinajstić information content (AvgIpc) is 3.31. The smallest absolute Gasteiger partial charge is 0.131 e. The summed E-state index contributed by atoms with van der Waals surface area (Å²) in [5, 5.41) is 8.43. The number of morpholine rings is 1. The van der Waals surface area contributed by atoms with Crippen molar-refractivity contribution in [3.63, 3.8) is 0 Å². The molecule has 0 radical (unpaired) electrons. The summed E-state index contributed by atoms with van der Waals surface area (Å²) in [6.45, 7) is 5.98. The lowest BCUT2D eigenvalue weighted by molar-refractivity contribution is 0.122. The van der Waals surface area contributed by atoms with E-state index in [2.05, 4.69) is 28.2 Å². The third-order valence-corrected chi connectivity index (χ3v) is 5.67. The molecule has 0 aliphatic carbocycles. The number of imidazole rings is 1. The molecule has 1 N–H and O–H groups in total. The number of aromatic nitrogens is 4. The summed E-state index contributed by atoms with van der Waals surface area (Å²) in [4.78, 5) is 6.98. The second kappa shape index (κ2) is 8.89. The predicted molar refractivity (Wildman–Crippen MR) is 116 cm³/mol. The van der Waals surface area contributed by atoms with Crippen molar-refractivity contribution in [2.45, 2.75) is 19.5 Å². The standard InChI is InChI=1S/C22H30N6O2/c1-16-18(22(27(3)25-16)28-11-13-30-14-12-28)15-24-20(21-23-9-10-26(21)2)17-7-5-6-8-19(17)29-4/h5-10,20,24H,11-15H2,1-4H3. The molecular formula is C22H30N6O2. The van der Waals surface area contributed by atoms with Crippen LogP contribution in [0.25, 0.3) is 0 Å². The summed E-state index contributed by atoms with van der Waals surface area (Å²) in [5.74, 6) is 2.94. The molecule has 1 unspecified atom stereocenters. The van der Waals surface area contributed by atoms with Crippen molar-refractivity contribution in [1.29, 1.82) is 0 Å². The predicted octanol–water partition coefficient (Wildman–Crippen LogP) is 2.19. The summed E-state index contributed by atoms with van der Waals surface area (Å²) in [6, 6.07) is 7.98. The van der Waals surface area contributed by atoms with Gasteiger partial charge in [0, 0.05) is 57.3 Å². The van der Waals surface area contributed by atoms with Crippen LogP contribution in [0.2, 0.25) is 0 Å². The van der Waals surface area contributed by atoms with Crippen LogP contribution < -0.4 is 15.0 Å². The fraction of sp³-hybridized carbons (Fsp3) is 0.455. The van der Waals surface area contributed by atoms with E-state index < -0.39 is 0 Å². The minimum Gasteiger partial charge on any atom is -0.496 e. The van der Waals surface area contributed by atoms with E-state index in [0.717, 1.165) is 55.0 Å². The molecule has 1 fully saturated rings. The number of anilines is 1. The topological polar surface area (TPSA) is 69.4 Å². The first-order chi connectivity index (χ1) is 14.6. The largest absolute Gasteiger partial charge is 0.496 e. The second-order valence-corrected chi connectivity index (χ2v) is 7.56. The van der Waals surface area contributed by atoms with Gasteiger partial charge < -0.3 is 18.9 Å². The Morgan fingerprint density at radius 1 is 1.20 bits per heavy atom. The van der Waals surface area contributed by atoms with Crippen molar-refractivity contribution in [1.82, 2.24) is 24.6 Å². The number of nitrogens with zero attached hydrogens (tertiary/aromatic N) is 5. The fourth-order valence-electron chi connectivity index (χ4n) is 4.17. The molecule has 8 nitrogen and oxygen atoms in total. The molecule has 3 heterocycles. The average molecular weight is 411 g/mol. The second-order valence-electron chi connectivity index (χ2n) is 7.56. The van der Waals surface area contributed by atoms with E-state index >= 15 is 0 Å². The number of nitrogens with one attached hydrogen (secondary N) is 1. The van der Waals surface area contributed by atoms with Gasteiger partial charge in [0.1, 0.15) is 17.4 Å². The number of methoxy groups -OCH3 is 1. The molecule has 2 aromatic heterocycles. The maximum absolute atomic E-state index is 5.65. The number of ether oxygens (including phenoxy) is 2. The highest BCUT2D eigenvalue weighted by Gasteiger charge is 2.25. The molecular weight excluding hydrogens is 380 g/mol. The van der Waals surface area contributed by atoms with Crippen LogP contribution in [0.4, 0.5) is 5.82 Å². The summed E-state index contributed by atoms with van der Waals surface area (Å²) in [5.41, 5.74) is 3.29. The molecule has 160 valence electrons. The van der Waals surface area contributed by atoms with Gasteiger partial charge in [-0.25, -0.2) is 4.98 Å². The highest BCUT2D eigenvalue weighted by atomic mass is 16.5. The Balaban J connectivity index is 1.66. The van der Waals surface area contributed by atoms with Gasteiger partial charge in [0.2, 0.25) is 0 Å². The number of para-hydroxylation sites is 1. The van der Waals surface area contributed by atoms with Crippen LogP contribution in [0.3, 0.4) is 0 Å². The van der Waals surface area contributed by atoms with Crippen LogP contribution in [0, 0.1) is 6.92 Å². The summed E-state index contributed by atoms with van der Waals surface area (Å²) in [7, 11) is 5.73. The van der Waals surface area contributed by atoms with Gasteiger partial charge in [0.25, 0.3) is 0 Å². The Hall–Kier alpha value is -2.84. The lowest BCUT2D eigenvalue weighted by atomic mass is 10.0. The molecule has 3 aromatic rings. The zero-order chi connectivity index (χ0) is 21.1. The molecule has 0 saturated carbocycles. The Labute approximate surface area is 177 Å². The molecule has 30 heavy (non-hydrogen) atoms. The van der Waals surface area contributed by atoms with Crippen LogP contribution in [0.5, 0.6) is 5.75 Å². The summed E-state index contributed by atoms with van der Waals surface area (Å²) >= 11 is 0. The Bertz CT molecular complexity index is 989. The van der Waals surface area contributed by atoms with E-state index in [0.29, 0.717) is 6.54 Å². The van der Waals surface area contributed by atoms with Crippen LogP contribution in [0.15, 0.2) is 36.7 Å². The van der Waals surface area contributed by atoms with Crippen LogP contribution in [-0.4, -0.2) is 52.7 Å². The molecule has 8 heteroatoms. The van der Waals surface area contributed by atoms with Crippen molar-refractivity contribution < 1.29 is 9.47 Å². The first-order valence-corrected chi connectivity index (χ1v) is 10.3. The number of rotatable bonds is 7. The zero-order valence-electron chi connectivity index (χ0n) is 18.1. The van der Waals surface area contributed by atoms with Crippen LogP contribution in [-0.2, 0) is 25.4 Å². The number of hydrogen-bond acceptors (Lipinski definition) is 6. The maximum Gasteiger partial charge on any atom is 0.131 e. The van der Waals surface area contributed by atoms with Gasteiger partial charge in [-0.1, -0.05) is 18.2 Å². The highest BCUT2D eigenvalue weighted by Crippen LogP contribution is 2.31. The van der Waals surface area contributed by atoms with Gasteiger partial charge in [0.05, 0.1) is 32.1 Å². The molecule has 1 saturated heterocycles. The molecule has 4 rings (SSSR count). The number of benzene rings is 1. The number of hydrogen-bond donors (Lipinski definition) is 1. The van der Waals surface area contributed by atoms with Gasteiger partial charge in [-0.2, -0.15) is 5.10 Å². The molecule has 0 bridgehead atoms. The lowest BCUT2D eigenvalue weighted by Crippen LogP contribution is -2.38. The van der Waals surface area contributed by atoms with E-state index in [1.807, 2.05) is 53.9 Å². The van der Waals surface area contributed by atoms with Crippen molar-refractivity contribution in [3.8, 4) is 5.75 Å². The van der Waals surface area contributed by atoms with E-state index in [-0.39, 0.29) is 6.04 Å². The molecule has 1 aliphatic rings.